The third-order valence-corrected chi connectivity index (χ3v) is 4.49. The summed E-state index contributed by atoms with van der Waals surface area (Å²) in [5, 5.41) is 14.3. The van der Waals surface area contributed by atoms with Crippen molar-refractivity contribution in [3.8, 4) is 0 Å². The van der Waals surface area contributed by atoms with Crippen LogP contribution in [0.5, 0.6) is 0 Å². The minimum Gasteiger partial charge on any atom is -0.545 e. The quantitative estimate of drug-likeness (QED) is 0.778. The van der Waals surface area contributed by atoms with Crippen LogP contribution in [0.1, 0.15) is 32.4 Å². The van der Waals surface area contributed by atoms with Crippen LogP contribution in [0.2, 0.25) is 0 Å². The average Bonchev–Trinajstić information content (AvgIpc) is 2.69. The maximum atomic E-state index is 13.3. The average molecular weight is 361 g/mol. The molecule has 0 spiro atoms. The van der Waals surface area contributed by atoms with E-state index in [4.69, 9.17) is 0 Å². The molecule has 1 atom stereocenters. The number of carboxylic acid groups (broad SMARTS) is 1. The topological polar surface area (TPSA) is 72.5 Å². The van der Waals surface area contributed by atoms with Gasteiger partial charge in [0.2, 0.25) is 0 Å². The molecular weight excluding hydrogens is 347 g/mol. The Hall–Kier alpha value is -3.67. The fraction of sp³-hybridized carbons (Fsp3) is 0.0476. The van der Waals surface area contributed by atoms with Gasteiger partial charge in [0.05, 0.1) is 11.5 Å². The number of para-hydroxylation sites is 1. The van der Waals surface area contributed by atoms with Gasteiger partial charge in [-0.05, 0) is 47.5 Å². The van der Waals surface area contributed by atoms with E-state index in [1.165, 1.54) is 41.3 Å². The van der Waals surface area contributed by atoms with Crippen molar-refractivity contribution < 1.29 is 19.1 Å². The van der Waals surface area contributed by atoms with Crippen LogP contribution in [0.25, 0.3) is 0 Å². The first kappa shape index (κ1) is 16.8. The van der Waals surface area contributed by atoms with E-state index in [1.54, 1.807) is 30.3 Å². The number of benzene rings is 3. The molecule has 0 aliphatic carbocycles. The molecular formula is C21H14FN2O3-. The molecule has 3 aromatic carbocycles. The number of nitrogens with one attached hydrogen (secondary N) is 1. The zero-order valence-electron chi connectivity index (χ0n) is 14.1. The predicted molar refractivity (Wildman–Crippen MR) is 96.8 cm³/mol. The Morgan fingerprint density at radius 3 is 2.30 bits per heavy atom. The second-order valence-electron chi connectivity index (χ2n) is 6.15. The standard InChI is InChI=1S/C21H15FN2O3/c22-15-9-11-16(12-10-15)24-19(13-5-7-14(8-6-13)21(26)27)23-18-4-2-1-3-17(18)20(24)25/h1-12,19,23H,(H,26,27)/p-1/t19-/m1/s1. The number of fused-ring (bicyclic) bond motifs is 1. The van der Waals surface area contributed by atoms with Crippen molar-refractivity contribution >= 4 is 23.3 Å². The smallest absolute Gasteiger partial charge is 0.262 e. The van der Waals surface area contributed by atoms with Crippen LogP contribution in [0, 0.1) is 5.82 Å². The summed E-state index contributed by atoms with van der Waals surface area (Å²) in [4.78, 5) is 25.7. The fourth-order valence-corrected chi connectivity index (χ4v) is 3.16. The largest absolute Gasteiger partial charge is 0.545 e. The van der Waals surface area contributed by atoms with E-state index < -0.39 is 18.0 Å². The second-order valence-corrected chi connectivity index (χ2v) is 6.15. The van der Waals surface area contributed by atoms with Gasteiger partial charge in [0.1, 0.15) is 12.0 Å². The number of nitrogens with zero attached hydrogens (tertiary/aromatic N) is 1. The van der Waals surface area contributed by atoms with E-state index >= 15 is 0 Å². The summed E-state index contributed by atoms with van der Waals surface area (Å²) in [6.45, 7) is 0. The maximum Gasteiger partial charge on any atom is 0.262 e. The van der Waals surface area contributed by atoms with Gasteiger partial charge in [-0.1, -0.05) is 36.4 Å². The van der Waals surface area contributed by atoms with Gasteiger partial charge in [-0.2, -0.15) is 0 Å². The molecule has 1 aliphatic heterocycles. The molecule has 3 aromatic rings. The molecule has 134 valence electrons. The molecule has 4 rings (SSSR count). The number of amides is 1. The van der Waals surface area contributed by atoms with Crippen LogP contribution < -0.4 is 15.3 Å². The first-order chi connectivity index (χ1) is 13.0. The van der Waals surface area contributed by atoms with E-state index in [0.29, 0.717) is 22.5 Å². The lowest BCUT2D eigenvalue weighted by Gasteiger charge is -2.38. The monoisotopic (exact) mass is 361 g/mol. The number of rotatable bonds is 3. The van der Waals surface area contributed by atoms with Crippen LogP contribution in [0.4, 0.5) is 15.8 Å². The van der Waals surface area contributed by atoms with Crippen LogP contribution >= 0.6 is 0 Å². The molecule has 1 aliphatic rings. The van der Waals surface area contributed by atoms with E-state index in [-0.39, 0.29) is 11.5 Å². The molecule has 27 heavy (non-hydrogen) atoms. The van der Waals surface area contributed by atoms with Gasteiger partial charge >= 0.3 is 0 Å². The lowest BCUT2D eigenvalue weighted by molar-refractivity contribution is -0.255. The number of carbonyl (C=O) groups is 2. The summed E-state index contributed by atoms with van der Waals surface area (Å²) >= 11 is 0. The Bertz CT molecular complexity index is 1020. The van der Waals surface area contributed by atoms with Gasteiger partial charge < -0.3 is 15.2 Å². The third kappa shape index (κ3) is 3.01. The Kier molecular flexibility index (Phi) is 4.08. The van der Waals surface area contributed by atoms with Crippen molar-refractivity contribution in [1.82, 2.24) is 0 Å². The van der Waals surface area contributed by atoms with Crippen molar-refractivity contribution in [2.75, 3.05) is 10.2 Å². The normalized spacial score (nSPS) is 15.8. The molecule has 0 bridgehead atoms. The van der Waals surface area contributed by atoms with E-state index in [9.17, 15) is 19.1 Å². The first-order valence-electron chi connectivity index (χ1n) is 8.30. The lowest BCUT2D eigenvalue weighted by Crippen LogP contribution is -2.43. The number of anilines is 2. The van der Waals surface area contributed by atoms with E-state index in [0.717, 1.165) is 0 Å². The number of halogens is 1. The van der Waals surface area contributed by atoms with Crippen LogP contribution in [-0.4, -0.2) is 11.9 Å². The molecule has 0 aromatic heterocycles. The van der Waals surface area contributed by atoms with Crippen molar-refractivity contribution in [2.24, 2.45) is 0 Å². The number of hydrogen-bond donors (Lipinski definition) is 1. The Morgan fingerprint density at radius 2 is 1.63 bits per heavy atom. The number of carboxylic acids is 1. The SMILES string of the molecule is O=C([O-])c1ccc([C@@H]2Nc3ccccc3C(=O)N2c2ccc(F)cc2)cc1. The number of aromatic carboxylic acids is 1. The molecule has 0 saturated carbocycles. The predicted octanol–water partition coefficient (Wildman–Crippen LogP) is 2.96. The molecule has 6 heteroatoms. The second kappa shape index (κ2) is 6.57. The highest BCUT2D eigenvalue weighted by Crippen LogP contribution is 2.36. The van der Waals surface area contributed by atoms with Crippen LogP contribution in [-0.2, 0) is 0 Å². The van der Waals surface area contributed by atoms with Crippen LogP contribution in [0.3, 0.4) is 0 Å². The molecule has 1 heterocycles. The molecule has 0 unspecified atom stereocenters. The zero-order chi connectivity index (χ0) is 19.0. The first-order valence-corrected chi connectivity index (χ1v) is 8.30. The van der Waals surface area contributed by atoms with Gasteiger partial charge in [0, 0.05) is 11.4 Å². The van der Waals surface area contributed by atoms with Crippen molar-refractivity contribution in [3.63, 3.8) is 0 Å². The highest BCUT2D eigenvalue weighted by Gasteiger charge is 2.33. The molecule has 1 amide bonds. The Morgan fingerprint density at radius 1 is 0.963 bits per heavy atom. The highest BCUT2D eigenvalue weighted by molar-refractivity contribution is 6.12. The fourth-order valence-electron chi connectivity index (χ4n) is 3.16. The maximum absolute atomic E-state index is 13.3. The Labute approximate surface area is 154 Å². The van der Waals surface area contributed by atoms with Gasteiger partial charge in [-0.3, -0.25) is 9.69 Å². The Balaban J connectivity index is 1.82. The molecule has 1 N–H and O–H groups in total. The van der Waals surface area contributed by atoms with Crippen LogP contribution in [0.15, 0.2) is 72.8 Å². The highest BCUT2D eigenvalue weighted by atomic mass is 19.1. The summed E-state index contributed by atoms with van der Waals surface area (Å²) in [5.41, 5.74) is 2.44. The van der Waals surface area contributed by atoms with E-state index in [1.807, 2.05) is 6.07 Å². The lowest BCUT2D eigenvalue weighted by atomic mass is 10.0. The summed E-state index contributed by atoms with van der Waals surface area (Å²) in [6.07, 6.45) is -0.575. The van der Waals surface area contributed by atoms with Gasteiger partial charge in [-0.25, -0.2) is 4.39 Å². The summed E-state index contributed by atoms with van der Waals surface area (Å²) in [7, 11) is 0. The third-order valence-electron chi connectivity index (χ3n) is 4.49. The van der Waals surface area contributed by atoms with Gasteiger partial charge in [0.15, 0.2) is 0 Å². The number of hydrogen-bond acceptors (Lipinski definition) is 4. The molecule has 5 nitrogen and oxygen atoms in total. The van der Waals surface area contributed by atoms with Gasteiger partial charge in [0.25, 0.3) is 5.91 Å². The summed E-state index contributed by atoms with van der Waals surface area (Å²) in [5.74, 6) is -1.90. The molecule has 0 fully saturated rings. The molecule has 0 saturated heterocycles. The van der Waals surface area contributed by atoms with E-state index in [2.05, 4.69) is 5.32 Å². The molecule has 0 radical (unpaired) electrons. The number of carbonyl (C=O) groups excluding carboxylic acids is 2. The van der Waals surface area contributed by atoms with Gasteiger partial charge in [-0.15, -0.1) is 0 Å². The van der Waals surface area contributed by atoms with Crippen molar-refractivity contribution in [2.45, 2.75) is 6.17 Å². The summed E-state index contributed by atoms with van der Waals surface area (Å²) in [6, 6.07) is 18.9. The minimum absolute atomic E-state index is 0.0506. The minimum atomic E-state index is -1.27. The summed E-state index contributed by atoms with van der Waals surface area (Å²) < 4.78 is 13.3. The van der Waals surface area contributed by atoms with Crippen molar-refractivity contribution in [1.29, 1.82) is 0 Å². The van der Waals surface area contributed by atoms with Crippen molar-refractivity contribution in [3.05, 3.63) is 95.3 Å². The zero-order valence-corrected chi connectivity index (χ0v) is 14.1.